The quantitative estimate of drug-likeness (QED) is 0.335. The number of hydrogen-bond acceptors (Lipinski definition) is 7. The van der Waals surface area contributed by atoms with Crippen molar-refractivity contribution in [3.63, 3.8) is 0 Å². The molecule has 0 bridgehead atoms. The van der Waals surface area contributed by atoms with Crippen molar-refractivity contribution >= 4 is 39.3 Å². The van der Waals surface area contributed by atoms with Gasteiger partial charge in [0.05, 0.1) is 18.2 Å². The average molecular weight is 419 g/mol. The van der Waals surface area contributed by atoms with Gasteiger partial charge in [0.15, 0.2) is 5.16 Å². The fourth-order valence-electron chi connectivity index (χ4n) is 3.68. The van der Waals surface area contributed by atoms with Crippen molar-refractivity contribution < 1.29 is 13.9 Å². The van der Waals surface area contributed by atoms with Gasteiger partial charge in [-0.2, -0.15) is 0 Å². The molecular formula is C20H22N2O4S2. The number of thioether (sulfide) groups is 1. The fourth-order valence-corrected chi connectivity index (χ4v) is 5.71. The van der Waals surface area contributed by atoms with Crippen LogP contribution in [0.1, 0.15) is 58.5 Å². The molecule has 8 heteroatoms. The highest BCUT2D eigenvalue weighted by Crippen LogP contribution is 2.35. The standard InChI is InChI=1S/C20H22N2O4S2/c1-11-12(2)28-17-16(11)18(23)22(13-6-4-5-7-13)20(21-17)27-10-14-8-9-15(26-14)19(24)25-3/h8-9,13H,4-7,10H2,1-3H3. The van der Waals surface area contributed by atoms with Gasteiger partial charge in [0, 0.05) is 10.9 Å². The van der Waals surface area contributed by atoms with Crippen molar-refractivity contribution in [3.05, 3.63) is 44.4 Å². The number of aryl methyl sites for hydroxylation is 2. The second-order valence-corrected chi connectivity index (χ2v) is 9.16. The van der Waals surface area contributed by atoms with Crippen LogP contribution in [0.25, 0.3) is 10.2 Å². The summed E-state index contributed by atoms with van der Waals surface area (Å²) < 4.78 is 12.1. The van der Waals surface area contributed by atoms with E-state index in [2.05, 4.69) is 4.74 Å². The summed E-state index contributed by atoms with van der Waals surface area (Å²) in [6.07, 6.45) is 4.30. The Labute approximate surface area is 170 Å². The number of hydrogen-bond donors (Lipinski definition) is 0. The number of rotatable bonds is 5. The van der Waals surface area contributed by atoms with E-state index in [0.29, 0.717) is 11.5 Å². The highest BCUT2D eigenvalue weighted by Gasteiger charge is 2.25. The van der Waals surface area contributed by atoms with Gasteiger partial charge in [0.1, 0.15) is 10.6 Å². The Bertz CT molecular complexity index is 1090. The predicted octanol–water partition coefficient (Wildman–Crippen LogP) is 4.86. The summed E-state index contributed by atoms with van der Waals surface area (Å²) in [4.78, 5) is 31.7. The number of thiophene rings is 1. The van der Waals surface area contributed by atoms with Crippen molar-refractivity contribution in [1.82, 2.24) is 9.55 Å². The Morgan fingerprint density at radius 2 is 2.11 bits per heavy atom. The number of ether oxygens (including phenoxy) is 1. The Morgan fingerprint density at radius 3 is 2.82 bits per heavy atom. The molecule has 28 heavy (non-hydrogen) atoms. The summed E-state index contributed by atoms with van der Waals surface area (Å²) in [5.41, 5.74) is 1.10. The fraction of sp³-hybridized carbons (Fsp3) is 0.450. The molecule has 1 aliphatic rings. The molecule has 3 aromatic rings. The molecule has 1 fully saturated rings. The van der Waals surface area contributed by atoms with Crippen LogP contribution in [0.5, 0.6) is 0 Å². The molecule has 0 aromatic carbocycles. The molecule has 1 saturated carbocycles. The van der Waals surface area contributed by atoms with Crippen LogP contribution in [0.3, 0.4) is 0 Å². The third-order valence-corrected chi connectivity index (χ3v) is 7.36. The summed E-state index contributed by atoms with van der Waals surface area (Å²) in [5.74, 6) is 0.823. The Hall–Kier alpha value is -2.06. The highest BCUT2D eigenvalue weighted by molar-refractivity contribution is 7.98. The maximum absolute atomic E-state index is 13.3. The zero-order valence-corrected chi connectivity index (χ0v) is 17.7. The first-order valence-corrected chi connectivity index (χ1v) is 11.1. The van der Waals surface area contributed by atoms with Gasteiger partial charge < -0.3 is 9.15 Å². The van der Waals surface area contributed by atoms with Crippen molar-refractivity contribution in [3.8, 4) is 0 Å². The van der Waals surface area contributed by atoms with Gasteiger partial charge in [-0.05, 0) is 44.4 Å². The molecule has 0 radical (unpaired) electrons. The van der Waals surface area contributed by atoms with Crippen LogP contribution in [-0.2, 0) is 10.5 Å². The lowest BCUT2D eigenvalue weighted by Gasteiger charge is -2.17. The molecule has 6 nitrogen and oxygen atoms in total. The molecule has 3 aromatic heterocycles. The lowest BCUT2D eigenvalue weighted by atomic mass is 10.2. The van der Waals surface area contributed by atoms with Crippen LogP contribution < -0.4 is 5.56 Å². The first kappa shape index (κ1) is 19.3. The Morgan fingerprint density at radius 1 is 1.36 bits per heavy atom. The smallest absolute Gasteiger partial charge is 0.373 e. The molecule has 3 heterocycles. The van der Waals surface area contributed by atoms with Crippen molar-refractivity contribution in [1.29, 1.82) is 0 Å². The van der Waals surface area contributed by atoms with E-state index >= 15 is 0 Å². The zero-order chi connectivity index (χ0) is 19.8. The van der Waals surface area contributed by atoms with E-state index in [0.717, 1.165) is 51.5 Å². The third kappa shape index (κ3) is 3.39. The van der Waals surface area contributed by atoms with Crippen molar-refractivity contribution in [2.75, 3.05) is 7.11 Å². The van der Waals surface area contributed by atoms with E-state index in [4.69, 9.17) is 9.40 Å². The molecule has 0 amide bonds. The van der Waals surface area contributed by atoms with Crippen LogP contribution >= 0.6 is 23.1 Å². The number of esters is 1. The van der Waals surface area contributed by atoms with Crippen LogP contribution in [0.2, 0.25) is 0 Å². The van der Waals surface area contributed by atoms with Gasteiger partial charge in [0.25, 0.3) is 5.56 Å². The number of methoxy groups -OCH3 is 1. The number of aromatic nitrogens is 2. The van der Waals surface area contributed by atoms with Crippen LogP contribution in [0.4, 0.5) is 0 Å². The van der Waals surface area contributed by atoms with Crippen molar-refractivity contribution in [2.45, 2.75) is 56.5 Å². The lowest BCUT2D eigenvalue weighted by Crippen LogP contribution is -2.26. The predicted molar refractivity (Wildman–Crippen MR) is 110 cm³/mol. The minimum Gasteiger partial charge on any atom is -0.463 e. The normalized spacial score (nSPS) is 14.8. The lowest BCUT2D eigenvalue weighted by molar-refractivity contribution is 0.0563. The minimum absolute atomic E-state index is 0.0657. The molecule has 0 saturated heterocycles. The van der Waals surface area contributed by atoms with Gasteiger partial charge in [-0.25, -0.2) is 9.78 Å². The molecule has 0 aliphatic heterocycles. The number of furan rings is 1. The molecule has 0 atom stereocenters. The Kier molecular flexibility index (Phi) is 5.33. The number of carbonyl (C=O) groups is 1. The van der Waals surface area contributed by atoms with E-state index in [1.165, 1.54) is 18.9 Å². The number of carbonyl (C=O) groups excluding carboxylic acids is 1. The zero-order valence-electron chi connectivity index (χ0n) is 16.1. The summed E-state index contributed by atoms with van der Waals surface area (Å²) >= 11 is 3.05. The van der Waals surface area contributed by atoms with Crippen LogP contribution in [0.15, 0.2) is 26.5 Å². The molecule has 1 aliphatic carbocycles. The molecule has 0 unspecified atom stereocenters. The van der Waals surface area contributed by atoms with E-state index in [1.807, 2.05) is 18.4 Å². The van der Waals surface area contributed by atoms with Gasteiger partial charge in [0.2, 0.25) is 5.76 Å². The van der Waals surface area contributed by atoms with Gasteiger partial charge in [-0.15, -0.1) is 11.3 Å². The van der Waals surface area contributed by atoms with Gasteiger partial charge in [-0.1, -0.05) is 24.6 Å². The number of nitrogens with zero attached hydrogens (tertiary/aromatic N) is 2. The largest absolute Gasteiger partial charge is 0.463 e. The molecule has 4 rings (SSSR count). The Balaban J connectivity index is 1.71. The molecular weight excluding hydrogens is 396 g/mol. The van der Waals surface area contributed by atoms with Crippen molar-refractivity contribution in [2.24, 2.45) is 0 Å². The maximum atomic E-state index is 13.3. The third-order valence-electron chi connectivity index (χ3n) is 5.28. The molecule has 0 spiro atoms. The highest BCUT2D eigenvalue weighted by atomic mass is 32.2. The summed E-state index contributed by atoms with van der Waals surface area (Å²) in [5, 5.41) is 1.48. The molecule has 0 N–H and O–H groups in total. The van der Waals surface area contributed by atoms with E-state index in [1.54, 1.807) is 23.5 Å². The summed E-state index contributed by atoms with van der Waals surface area (Å²) in [6.45, 7) is 4.03. The topological polar surface area (TPSA) is 74.3 Å². The van der Waals surface area contributed by atoms with Gasteiger partial charge >= 0.3 is 5.97 Å². The SMILES string of the molecule is COC(=O)c1ccc(CSc2nc3sc(C)c(C)c3c(=O)n2C2CCCC2)o1. The number of fused-ring (bicyclic) bond motifs is 1. The van der Waals surface area contributed by atoms with Crippen LogP contribution in [-0.4, -0.2) is 22.6 Å². The van der Waals surface area contributed by atoms with E-state index < -0.39 is 5.97 Å². The first-order valence-electron chi connectivity index (χ1n) is 9.31. The second kappa shape index (κ2) is 7.75. The summed E-state index contributed by atoms with van der Waals surface area (Å²) in [6, 6.07) is 3.57. The monoisotopic (exact) mass is 418 g/mol. The first-order chi connectivity index (χ1) is 13.5. The van der Waals surface area contributed by atoms with Crippen LogP contribution in [0, 0.1) is 13.8 Å². The average Bonchev–Trinajstić information content (AvgIpc) is 3.41. The second-order valence-electron chi connectivity index (χ2n) is 7.02. The van der Waals surface area contributed by atoms with E-state index in [-0.39, 0.29) is 17.4 Å². The summed E-state index contributed by atoms with van der Waals surface area (Å²) in [7, 11) is 1.32. The molecule has 148 valence electrons. The maximum Gasteiger partial charge on any atom is 0.373 e. The minimum atomic E-state index is -0.497. The van der Waals surface area contributed by atoms with E-state index in [9.17, 15) is 9.59 Å². The van der Waals surface area contributed by atoms with Gasteiger partial charge in [-0.3, -0.25) is 9.36 Å².